The number of rotatable bonds is 5. The summed E-state index contributed by atoms with van der Waals surface area (Å²) < 4.78 is 18.7. The van der Waals surface area contributed by atoms with Crippen molar-refractivity contribution in [1.82, 2.24) is 15.1 Å². The highest BCUT2D eigenvalue weighted by atomic mass is 35.5. The summed E-state index contributed by atoms with van der Waals surface area (Å²) in [6, 6.07) is 12.4. The van der Waals surface area contributed by atoms with Crippen LogP contribution >= 0.6 is 23.2 Å². The van der Waals surface area contributed by atoms with E-state index in [-0.39, 0.29) is 18.1 Å². The molecule has 0 radical (unpaired) electrons. The normalized spacial score (nSPS) is 10.8. The Morgan fingerprint density at radius 3 is 2.47 bits per heavy atom. The second-order valence-corrected chi connectivity index (χ2v) is 7.08. The lowest BCUT2D eigenvalue weighted by Crippen LogP contribution is -2.15. The number of carbonyl (C=O) groups excluding carboxylic acids is 1. The van der Waals surface area contributed by atoms with Crippen LogP contribution in [0.1, 0.15) is 5.56 Å². The van der Waals surface area contributed by atoms with Crippen molar-refractivity contribution < 1.29 is 13.7 Å². The molecule has 1 amide bonds. The van der Waals surface area contributed by atoms with Crippen molar-refractivity contribution in [2.24, 2.45) is 0 Å². The fraction of sp³-hybridized carbons (Fsp3) is 0.0476. The van der Waals surface area contributed by atoms with E-state index in [1.54, 1.807) is 42.6 Å². The van der Waals surface area contributed by atoms with Crippen molar-refractivity contribution in [2.45, 2.75) is 6.42 Å². The lowest BCUT2D eigenvalue weighted by molar-refractivity contribution is -0.115. The number of nitrogens with one attached hydrogen (secondary N) is 1. The smallest absolute Gasteiger partial charge is 0.241 e. The minimum absolute atomic E-state index is 0.0612. The van der Waals surface area contributed by atoms with Gasteiger partial charge in [0.1, 0.15) is 17.8 Å². The molecule has 4 rings (SSSR count). The Kier molecular flexibility index (Phi) is 5.74. The van der Waals surface area contributed by atoms with Gasteiger partial charge < -0.3 is 4.52 Å². The van der Waals surface area contributed by atoms with Crippen molar-refractivity contribution >= 4 is 35.0 Å². The molecule has 150 valence electrons. The van der Waals surface area contributed by atoms with Gasteiger partial charge in [-0.25, -0.2) is 14.4 Å². The first-order valence-corrected chi connectivity index (χ1v) is 9.53. The van der Waals surface area contributed by atoms with E-state index in [1.807, 2.05) is 0 Å². The highest BCUT2D eigenvalue weighted by Gasteiger charge is 2.23. The Balaban J connectivity index is 1.70. The average Bonchev–Trinajstić information content (AvgIpc) is 3.15. The van der Waals surface area contributed by atoms with E-state index in [0.29, 0.717) is 38.1 Å². The molecule has 0 atom stereocenters. The zero-order valence-electron chi connectivity index (χ0n) is 15.3. The zero-order valence-corrected chi connectivity index (χ0v) is 16.8. The molecule has 2 heterocycles. The standard InChI is InChI=1S/C21H13Cl2FN4O2/c22-15-2-1-3-16(23)14(15)10-18(29)27-21-19(17-8-9-25-11-26-17)20(28-30-21)12-4-6-13(24)7-5-12/h1-9,11H,10H2,(H,27,29). The molecule has 2 aromatic carbocycles. The molecule has 6 nitrogen and oxygen atoms in total. The molecule has 9 heteroatoms. The molecule has 0 bridgehead atoms. The first-order valence-electron chi connectivity index (χ1n) is 8.77. The van der Waals surface area contributed by atoms with E-state index in [4.69, 9.17) is 27.7 Å². The predicted molar refractivity (Wildman–Crippen MR) is 112 cm³/mol. The van der Waals surface area contributed by atoms with Gasteiger partial charge in [0, 0.05) is 21.8 Å². The van der Waals surface area contributed by atoms with Crippen LogP contribution in [0.25, 0.3) is 22.5 Å². The van der Waals surface area contributed by atoms with Gasteiger partial charge >= 0.3 is 0 Å². The Bertz CT molecular complexity index is 1180. The largest absolute Gasteiger partial charge is 0.337 e. The molecule has 30 heavy (non-hydrogen) atoms. The SMILES string of the molecule is O=C(Cc1c(Cl)cccc1Cl)Nc1onc(-c2ccc(F)cc2)c1-c1ccncn1. The van der Waals surface area contributed by atoms with E-state index in [2.05, 4.69) is 20.4 Å². The first kappa shape index (κ1) is 20.0. The molecule has 0 aliphatic carbocycles. The molecule has 0 aliphatic rings. The molecule has 0 fully saturated rings. The summed E-state index contributed by atoms with van der Waals surface area (Å²) in [5.74, 6) is -0.681. The van der Waals surface area contributed by atoms with Crippen molar-refractivity contribution in [3.63, 3.8) is 0 Å². The first-order chi connectivity index (χ1) is 14.5. The summed E-state index contributed by atoms with van der Waals surface area (Å²) in [6.07, 6.45) is 2.86. The fourth-order valence-corrected chi connectivity index (χ4v) is 3.42. The summed E-state index contributed by atoms with van der Waals surface area (Å²) in [5, 5.41) is 7.53. The Labute approximate surface area is 180 Å². The maximum absolute atomic E-state index is 13.3. The van der Waals surface area contributed by atoms with Gasteiger partial charge in [-0.05, 0) is 48.0 Å². The molecule has 0 saturated carbocycles. The van der Waals surface area contributed by atoms with Crippen molar-refractivity contribution in [3.8, 4) is 22.5 Å². The Morgan fingerprint density at radius 2 is 1.80 bits per heavy atom. The topological polar surface area (TPSA) is 80.9 Å². The summed E-state index contributed by atoms with van der Waals surface area (Å²) in [6.45, 7) is 0. The molecular formula is C21H13Cl2FN4O2. The van der Waals surface area contributed by atoms with Gasteiger partial charge in [-0.1, -0.05) is 34.4 Å². The maximum atomic E-state index is 13.3. The average molecular weight is 443 g/mol. The molecule has 0 saturated heterocycles. The number of halogens is 3. The molecule has 2 aromatic heterocycles. The number of hydrogen-bond donors (Lipinski definition) is 1. The molecule has 1 N–H and O–H groups in total. The third-order valence-electron chi connectivity index (χ3n) is 4.30. The number of carbonyl (C=O) groups is 1. The Hall–Kier alpha value is -3.29. The van der Waals surface area contributed by atoms with Crippen LogP contribution in [0.4, 0.5) is 10.3 Å². The summed E-state index contributed by atoms with van der Waals surface area (Å²) in [4.78, 5) is 20.8. The number of benzene rings is 2. The van der Waals surface area contributed by atoms with Gasteiger partial charge in [0.25, 0.3) is 0 Å². The highest BCUT2D eigenvalue weighted by Crippen LogP contribution is 2.37. The minimum atomic E-state index is -0.401. The monoisotopic (exact) mass is 442 g/mol. The maximum Gasteiger partial charge on any atom is 0.241 e. The van der Waals surface area contributed by atoms with Crippen molar-refractivity contribution in [2.75, 3.05) is 5.32 Å². The third-order valence-corrected chi connectivity index (χ3v) is 5.01. The third kappa shape index (κ3) is 4.17. The zero-order chi connectivity index (χ0) is 21.1. The lowest BCUT2D eigenvalue weighted by Gasteiger charge is -2.08. The minimum Gasteiger partial charge on any atom is -0.337 e. The second-order valence-electron chi connectivity index (χ2n) is 6.26. The van der Waals surface area contributed by atoms with Gasteiger partial charge in [-0.2, -0.15) is 0 Å². The molecule has 0 spiro atoms. The molecule has 0 unspecified atom stereocenters. The van der Waals surface area contributed by atoms with Crippen LogP contribution in [-0.2, 0) is 11.2 Å². The van der Waals surface area contributed by atoms with E-state index >= 15 is 0 Å². The number of aromatic nitrogens is 3. The van der Waals surface area contributed by atoms with Crippen LogP contribution in [0.3, 0.4) is 0 Å². The summed E-state index contributed by atoms with van der Waals surface area (Å²) >= 11 is 12.3. The van der Waals surface area contributed by atoms with Crippen molar-refractivity contribution in [3.05, 3.63) is 82.5 Å². The van der Waals surface area contributed by atoms with Gasteiger partial charge in [0.15, 0.2) is 0 Å². The summed E-state index contributed by atoms with van der Waals surface area (Å²) in [7, 11) is 0. The number of anilines is 1. The molecule has 0 aliphatic heterocycles. The van der Waals surface area contributed by atoms with Crippen LogP contribution in [0.15, 0.2) is 65.6 Å². The van der Waals surface area contributed by atoms with Crippen LogP contribution in [0.5, 0.6) is 0 Å². The van der Waals surface area contributed by atoms with Gasteiger partial charge in [0.05, 0.1) is 17.7 Å². The number of hydrogen-bond acceptors (Lipinski definition) is 5. The van der Waals surface area contributed by atoms with Gasteiger partial charge in [0.2, 0.25) is 11.8 Å². The number of nitrogens with zero attached hydrogens (tertiary/aromatic N) is 3. The van der Waals surface area contributed by atoms with Crippen LogP contribution in [0, 0.1) is 5.82 Å². The van der Waals surface area contributed by atoms with E-state index < -0.39 is 5.91 Å². The van der Waals surface area contributed by atoms with E-state index in [1.165, 1.54) is 18.5 Å². The van der Waals surface area contributed by atoms with Crippen molar-refractivity contribution in [1.29, 1.82) is 0 Å². The lowest BCUT2D eigenvalue weighted by atomic mass is 10.0. The van der Waals surface area contributed by atoms with Gasteiger partial charge in [-0.15, -0.1) is 0 Å². The van der Waals surface area contributed by atoms with Gasteiger partial charge in [-0.3, -0.25) is 10.1 Å². The van der Waals surface area contributed by atoms with Crippen LogP contribution in [-0.4, -0.2) is 21.0 Å². The molecular weight excluding hydrogens is 430 g/mol. The fourth-order valence-electron chi connectivity index (χ4n) is 2.89. The highest BCUT2D eigenvalue weighted by molar-refractivity contribution is 6.36. The van der Waals surface area contributed by atoms with E-state index in [0.717, 1.165) is 0 Å². The van der Waals surface area contributed by atoms with E-state index in [9.17, 15) is 9.18 Å². The van der Waals surface area contributed by atoms with Crippen LogP contribution in [0.2, 0.25) is 10.0 Å². The summed E-state index contributed by atoms with van der Waals surface area (Å²) in [5.41, 5.74) is 2.43. The van der Waals surface area contributed by atoms with Crippen LogP contribution < -0.4 is 5.32 Å². The number of amides is 1. The Morgan fingerprint density at radius 1 is 1.07 bits per heavy atom. The second kappa shape index (κ2) is 8.61. The quantitative estimate of drug-likeness (QED) is 0.445. The predicted octanol–water partition coefficient (Wildman–Crippen LogP) is 5.43. The molecule has 4 aromatic rings.